The standard InChI is InChI=1S/C15H14Cl2O6S2/c1-8-4-9(2)15(10(3)5-8)25(21,22)23-14-12(17)6-11(16)7-13(14)24(18,19)20/h4-7H,1-3H3,(H,18,19,20). The highest BCUT2D eigenvalue weighted by atomic mass is 35.5. The molecule has 0 aliphatic carbocycles. The molecule has 0 radical (unpaired) electrons. The van der Waals surface area contributed by atoms with Gasteiger partial charge in [0.25, 0.3) is 10.1 Å². The predicted molar refractivity (Wildman–Crippen MR) is 94.7 cm³/mol. The van der Waals surface area contributed by atoms with E-state index in [0.29, 0.717) is 11.1 Å². The van der Waals surface area contributed by atoms with Crippen molar-refractivity contribution in [2.24, 2.45) is 0 Å². The van der Waals surface area contributed by atoms with Crippen molar-refractivity contribution >= 4 is 43.4 Å². The molecule has 0 saturated heterocycles. The fourth-order valence-corrected chi connectivity index (χ4v) is 5.32. The lowest BCUT2D eigenvalue weighted by molar-refractivity contribution is 0.463. The van der Waals surface area contributed by atoms with Crippen LogP contribution in [0.5, 0.6) is 5.75 Å². The van der Waals surface area contributed by atoms with E-state index in [1.165, 1.54) is 0 Å². The molecule has 0 unspecified atom stereocenters. The lowest BCUT2D eigenvalue weighted by Gasteiger charge is -2.15. The van der Waals surface area contributed by atoms with Crippen LogP contribution in [0.4, 0.5) is 0 Å². The molecule has 6 nitrogen and oxygen atoms in total. The first-order valence-corrected chi connectivity index (χ1v) is 10.4. The lowest BCUT2D eigenvalue weighted by Crippen LogP contribution is -2.15. The maximum Gasteiger partial charge on any atom is 0.339 e. The first-order valence-electron chi connectivity index (χ1n) is 6.82. The minimum Gasteiger partial charge on any atom is -0.376 e. The Hall–Kier alpha value is -1.32. The van der Waals surface area contributed by atoms with Gasteiger partial charge in [-0.3, -0.25) is 4.55 Å². The van der Waals surface area contributed by atoms with Crippen LogP contribution >= 0.6 is 23.2 Å². The average molecular weight is 425 g/mol. The average Bonchev–Trinajstić information content (AvgIpc) is 2.38. The maximum absolute atomic E-state index is 12.7. The largest absolute Gasteiger partial charge is 0.376 e. The molecule has 0 aliphatic heterocycles. The monoisotopic (exact) mass is 424 g/mol. The van der Waals surface area contributed by atoms with E-state index in [9.17, 15) is 21.4 Å². The van der Waals surface area contributed by atoms with Gasteiger partial charge >= 0.3 is 10.1 Å². The summed E-state index contributed by atoms with van der Waals surface area (Å²) >= 11 is 11.6. The minimum absolute atomic E-state index is 0.106. The van der Waals surface area contributed by atoms with Crippen LogP contribution in [-0.4, -0.2) is 21.4 Å². The van der Waals surface area contributed by atoms with Crippen LogP contribution in [0.25, 0.3) is 0 Å². The van der Waals surface area contributed by atoms with Crippen molar-refractivity contribution in [3.05, 3.63) is 51.0 Å². The molecular weight excluding hydrogens is 411 g/mol. The third-order valence-corrected chi connectivity index (χ3v) is 6.19. The smallest absolute Gasteiger partial charge is 0.339 e. The van der Waals surface area contributed by atoms with Crippen LogP contribution in [0.15, 0.2) is 34.1 Å². The van der Waals surface area contributed by atoms with E-state index in [1.54, 1.807) is 26.0 Å². The Morgan fingerprint density at radius 1 is 0.920 bits per heavy atom. The highest BCUT2D eigenvalue weighted by molar-refractivity contribution is 7.87. The number of benzene rings is 2. The third kappa shape index (κ3) is 4.27. The SMILES string of the molecule is Cc1cc(C)c(S(=O)(=O)Oc2c(Cl)cc(Cl)cc2S(=O)(=O)O)c(C)c1. The van der Waals surface area contributed by atoms with E-state index >= 15 is 0 Å². The molecule has 0 aromatic heterocycles. The normalized spacial score (nSPS) is 12.2. The van der Waals surface area contributed by atoms with Gasteiger partial charge in [0.15, 0.2) is 5.75 Å². The van der Waals surface area contributed by atoms with Crippen molar-refractivity contribution in [1.82, 2.24) is 0 Å². The van der Waals surface area contributed by atoms with E-state index < -0.39 is 30.9 Å². The Morgan fingerprint density at radius 3 is 1.92 bits per heavy atom. The zero-order chi connectivity index (χ0) is 19.2. The Kier molecular flexibility index (Phi) is 5.42. The molecule has 0 spiro atoms. The summed E-state index contributed by atoms with van der Waals surface area (Å²) < 4.78 is 62.7. The predicted octanol–water partition coefficient (Wildman–Crippen LogP) is 3.93. The number of hydrogen-bond donors (Lipinski definition) is 1. The molecule has 2 rings (SSSR count). The van der Waals surface area contributed by atoms with Crippen LogP contribution in [0.1, 0.15) is 16.7 Å². The molecule has 0 bridgehead atoms. The molecule has 0 saturated carbocycles. The molecule has 2 aromatic carbocycles. The topological polar surface area (TPSA) is 97.7 Å². The first-order chi connectivity index (χ1) is 11.3. The molecule has 0 aliphatic rings. The van der Waals surface area contributed by atoms with Crippen molar-refractivity contribution in [2.75, 3.05) is 0 Å². The quantitative estimate of drug-likeness (QED) is 0.589. The maximum atomic E-state index is 12.7. The van der Waals surface area contributed by atoms with Crippen LogP contribution in [0.3, 0.4) is 0 Å². The van der Waals surface area contributed by atoms with Crippen molar-refractivity contribution in [1.29, 1.82) is 0 Å². The minimum atomic E-state index is -4.82. The molecule has 0 fully saturated rings. The molecule has 10 heteroatoms. The second-order valence-electron chi connectivity index (χ2n) is 5.46. The second kappa shape index (κ2) is 6.77. The molecule has 25 heavy (non-hydrogen) atoms. The van der Waals surface area contributed by atoms with E-state index in [4.69, 9.17) is 27.4 Å². The summed E-state index contributed by atoms with van der Waals surface area (Å²) in [4.78, 5) is -0.943. The first kappa shape index (κ1) is 20.0. The Bertz CT molecular complexity index is 1040. The summed E-state index contributed by atoms with van der Waals surface area (Å²) in [5, 5.41) is -0.476. The van der Waals surface area contributed by atoms with Gasteiger partial charge in [0.2, 0.25) is 0 Å². The van der Waals surface area contributed by atoms with Gasteiger partial charge in [-0.15, -0.1) is 0 Å². The van der Waals surface area contributed by atoms with Gasteiger partial charge in [0.05, 0.1) is 5.02 Å². The molecule has 0 heterocycles. The molecular formula is C15H14Cl2O6S2. The number of aryl methyl sites for hydroxylation is 3. The van der Waals surface area contributed by atoms with Crippen LogP contribution < -0.4 is 4.18 Å². The highest BCUT2D eigenvalue weighted by Gasteiger charge is 2.28. The molecule has 1 N–H and O–H groups in total. The van der Waals surface area contributed by atoms with Crippen molar-refractivity contribution in [3.63, 3.8) is 0 Å². The number of halogens is 2. The van der Waals surface area contributed by atoms with Crippen molar-refractivity contribution < 1.29 is 25.6 Å². The van der Waals surface area contributed by atoms with Gasteiger partial charge in [0.1, 0.15) is 9.79 Å². The van der Waals surface area contributed by atoms with Crippen LogP contribution in [-0.2, 0) is 20.2 Å². The van der Waals surface area contributed by atoms with Gasteiger partial charge < -0.3 is 4.18 Å². The molecule has 0 atom stereocenters. The summed E-state index contributed by atoms with van der Waals surface area (Å²) in [6.45, 7) is 4.98. The number of rotatable bonds is 4. The Morgan fingerprint density at radius 2 is 1.44 bits per heavy atom. The highest BCUT2D eigenvalue weighted by Crippen LogP contribution is 2.37. The van der Waals surface area contributed by atoms with E-state index in [1.807, 2.05) is 6.92 Å². The van der Waals surface area contributed by atoms with Crippen LogP contribution in [0, 0.1) is 20.8 Å². The van der Waals surface area contributed by atoms with E-state index in [0.717, 1.165) is 17.7 Å². The lowest BCUT2D eigenvalue weighted by atomic mass is 10.1. The molecule has 2 aromatic rings. The molecule has 136 valence electrons. The van der Waals surface area contributed by atoms with Gasteiger partial charge in [-0.05, 0) is 44.0 Å². The van der Waals surface area contributed by atoms with E-state index in [2.05, 4.69) is 0 Å². The zero-order valence-corrected chi connectivity index (χ0v) is 16.5. The van der Waals surface area contributed by atoms with Gasteiger partial charge in [-0.25, -0.2) is 0 Å². The van der Waals surface area contributed by atoms with Crippen molar-refractivity contribution in [3.8, 4) is 5.75 Å². The van der Waals surface area contributed by atoms with Crippen LogP contribution in [0.2, 0.25) is 10.0 Å². The van der Waals surface area contributed by atoms with Gasteiger partial charge in [-0.2, -0.15) is 16.8 Å². The van der Waals surface area contributed by atoms with E-state index in [-0.39, 0.29) is 14.9 Å². The summed E-state index contributed by atoms with van der Waals surface area (Å²) in [5.74, 6) is -0.715. The summed E-state index contributed by atoms with van der Waals surface area (Å²) in [5.41, 5.74) is 1.71. The summed E-state index contributed by atoms with van der Waals surface area (Å²) in [7, 11) is -9.23. The third-order valence-electron chi connectivity index (χ3n) is 3.30. The summed E-state index contributed by atoms with van der Waals surface area (Å²) in [6, 6.07) is 5.26. The Balaban J connectivity index is 2.69. The fraction of sp³-hybridized carbons (Fsp3) is 0.200. The fourth-order valence-electron chi connectivity index (χ4n) is 2.52. The Labute approximate surface area is 156 Å². The van der Waals surface area contributed by atoms with Gasteiger partial charge in [-0.1, -0.05) is 40.9 Å². The second-order valence-corrected chi connectivity index (χ2v) is 9.17. The van der Waals surface area contributed by atoms with Gasteiger partial charge in [0, 0.05) is 5.02 Å². The number of hydrogen-bond acceptors (Lipinski definition) is 5. The van der Waals surface area contributed by atoms with Crippen molar-refractivity contribution in [2.45, 2.75) is 30.6 Å². The summed E-state index contributed by atoms with van der Waals surface area (Å²) in [6.07, 6.45) is 0. The molecule has 0 amide bonds. The zero-order valence-electron chi connectivity index (χ0n) is 13.4.